The summed E-state index contributed by atoms with van der Waals surface area (Å²) in [6, 6.07) is 2.00. The minimum absolute atomic E-state index is 0.0328. The third-order valence-electron chi connectivity index (χ3n) is 2.71. The second kappa shape index (κ2) is 5.61. The van der Waals surface area contributed by atoms with Gasteiger partial charge in [-0.05, 0) is 23.6 Å². The zero-order valence-corrected chi connectivity index (χ0v) is 12.1. The van der Waals surface area contributed by atoms with E-state index in [1.807, 2.05) is 0 Å². The van der Waals surface area contributed by atoms with Gasteiger partial charge in [-0.3, -0.25) is 4.79 Å². The standard InChI is InChI=1S/C13H16ClF3N2O/c1-12(2,3)10(18)11(20)19-9-5-7(13(15,16)17)4-8(14)6-9/h4-6,10H,18H2,1-3H3,(H,19,20)/t10-/m1/s1. The second-order valence-corrected chi connectivity index (χ2v) is 6.00. The zero-order valence-electron chi connectivity index (χ0n) is 11.3. The first-order chi connectivity index (χ1) is 8.91. The molecule has 1 amide bonds. The number of nitrogens with two attached hydrogens (primary N) is 1. The molecule has 0 saturated carbocycles. The van der Waals surface area contributed by atoms with Crippen molar-refractivity contribution in [2.45, 2.75) is 33.0 Å². The maximum absolute atomic E-state index is 12.6. The summed E-state index contributed by atoms with van der Waals surface area (Å²) in [7, 11) is 0. The fourth-order valence-electron chi connectivity index (χ4n) is 1.44. The summed E-state index contributed by atoms with van der Waals surface area (Å²) in [6.45, 7) is 5.28. The molecule has 0 aliphatic rings. The monoisotopic (exact) mass is 308 g/mol. The number of rotatable bonds is 2. The Morgan fingerprint density at radius 3 is 2.25 bits per heavy atom. The van der Waals surface area contributed by atoms with Gasteiger partial charge in [0.25, 0.3) is 0 Å². The Morgan fingerprint density at radius 1 is 1.25 bits per heavy atom. The lowest BCUT2D eigenvalue weighted by Crippen LogP contribution is -2.45. The van der Waals surface area contributed by atoms with Crippen molar-refractivity contribution in [3.8, 4) is 0 Å². The largest absolute Gasteiger partial charge is 0.416 e. The molecule has 0 unspecified atom stereocenters. The van der Waals surface area contributed by atoms with Gasteiger partial charge >= 0.3 is 6.18 Å². The van der Waals surface area contributed by atoms with Crippen LogP contribution in [0.1, 0.15) is 26.3 Å². The predicted molar refractivity (Wildman–Crippen MR) is 72.5 cm³/mol. The van der Waals surface area contributed by atoms with E-state index < -0.39 is 29.1 Å². The van der Waals surface area contributed by atoms with Gasteiger partial charge in [0.05, 0.1) is 11.6 Å². The van der Waals surface area contributed by atoms with Gasteiger partial charge in [0.2, 0.25) is 5.91 Å². The SMILES string of the molecule is CC(C)(C)[C@H](N)C(=O)Nc1cc(Cl)cc(C(F)(F)F)c1. The maximum Gasteiger partial charge on any atom is 0.416 e. The molecule has 0 spiro atoms. The summed E-state index contributed by atoms with van der Waals surface area (Å²) >= 11 is 5.63. The Kier molecular flexibility index (Phi) is 4.71. The molecule has 1 atom stereocenters. The number of alkyl halides is 3. The summed E-state index contributed by atoms with van der Waals surface area (Å²) in [5.74, 6) is -0.562. The van der Waals surface area contributed by atoms with Crippen LogP contribution in [0.3, 0.4) is 0 Å². The Labute approximate surface area is 120 Å². The van der Waals surface area contributed by atoms with Crippen LogP contribution < -0.4 is 11.1 Å². The topological polar surface area (TPSA) is 55.1 Å². The van der Waals surface area contributed by atoms with E-state index in [1.54, 1.807) is 20.8 Å². The Bertz CT molecular complexity index is 509. The fourth-order valence-corrected chi connectivity index (χ4v) is 1.67. The van der Waals surface area contributed by atoms with Gasteiger partial charge in [0.1, 0.15) is 0 Å². The van der Waals surface area contributed by atoms with Gasteiger partial charge in [0.15, 0.2) is 0 Å². The van der Waals surface area contributed by atoms with Crippen molar-refractivity contribution < 1.29 is 18.0 Å². The number of anilines is 1. The van der Waals surface area contributed by atoms with Crippen molar-refractivity contribution in [3.63, 3.8) is 0 Å². The van der Waals surface area contributed by atoms with Crippen LogP contribution in [0.4, 0.5) is 18.9 Å². The van der Waals surface area contributed by atoms with E-state index in [1.165, 1.54) is 6.07 Å². The highest BCUT2D eigenvalue weighted by Gasteiger charge is 2.32. The molecule has 0 aliphatic carbocycles. The fraction of sp³-hybridized carbons (Fsp3) is 0.462. The van der Waals surface area contributed by atoms with Crippen molar-refractivity contribution in [3.05, 3.63) is 28.8 Å². The van der Waals surface area contributed by atoms with Crippen molar-refractivity contribution in [1.82, 2.24) is 0 Å². The highest BCUT2D eigenvalue weighted by molar-refractivity contribution is 6.31. The lowest BCUT2D eigenvalue weighted by molar-refractivity contribution is -0.137. The smallest absolute Gasteiger partial charge is 0.325 e. The number of halogens is 4. The lowest BCUT2D eigenvalue weighted by Gasteiger charge is -2.26. The van der Waals surface area contributed by atoms with Crippen LogP contribution in [0.25, 0.3) is 0 Å². The molecule has 0 saturated heterocycles. The molecule has 20 heavy (non-hydrogen) atoms. The normalized spacial score (nSPS) is 14.0. The van der Waals surface area contributed by atoms with E-state index in [0.29, 0.717) is 0 Å². The number of carbonyl (C=O) groups is 1. The van der Waals surface area contributed by atoms with E-state index in [4.69, 9.17) is 17.3 Å². The molecular weight excluding hydrogens is 293 g/mol. The van der Waals surface area contributed by atoms with E-state index in [-0.39, 0.29) is 10.7 Å². The molecular formula is C13H16ClF3N2O. The molecule has 3 nitrogen and oxygen atoms in total. The molecule has 7 heteroatoms. The predicted octanol–water partition coefficient (Wildman–Crippen LogP) is 3.67. The van der Waals surface area contributed by atoms with Gasteiger partial charge < -0.3 is 11.1 Å². The second-order valence-electron chi connectivity index (χ2n) is 5.56. The Hall–Kier alpha value is -1.27. The highest BCUT2D eigenvalue weighted by atomic mass is 35.5. The summed E-state index contributed by atoms with van der Waals surface area (Å²) in [5.41, 5.74) is 4.27. The first kappa shape index (κ1) is 16.8. The molecule has 1 rings (SSSR count). The van der Waals surface area contributed by atoms with Gasteiger partial charge in [0, 0.05) is 10.7 Å². The van der Waals surface area contributed by atoms with Gasteiger partial charge in [-0.25, -0.2) is 0 Å². The van der Waals surface area contributed by atoms with Crippen LogP contribution in [0.15, 0.2) is 18.2 Å². The van der Waals surface area contributed by atoms with Crippen LogP contribution in [-0.4, -0.2) is 11.9 Å². The Balaban J connectivity index is 2.99. The van der Waals surface area contributed by atoms with Gasteiger partial charge in [-0.1, -0.05) is 32.4 Å². The molecule has 0 aromatic heterocycles. The number of benzene rings is 1. The lowest BCUT2D eigenvalue weighted by atomic mass is 9.87. The quantitative estimate of drug-likeness (QED) is 0.876. The first-order valence-corrected chi connectivity index (χ1v) is 6.23. The maximum atomic E-state index is 12.6. The van der Waals surface area contributed by atoms with Crippen LogP contribution in [0.2, 0.25) is 5.02 Å². The van der Waals surface area contributed by atoms with E-state index >= 15 is 0 Å². The van der Waals surface area contributed by atoms with Crippen LogP contribution in [0, 0.1) is 5.41 Å². The molecule has 1 aromatic carbocycles. The van der Waals surface area contributed by atoms with Gasteiger partial charge in [-0.2, -0.15) is 13.2 Å². The van der Waals surface area contributed by atoms with Crippen molar-refractivity contribution in [1.29, 1.82) is 0 Å². The molecule has 0 radical (unpaired) electrons. The molecule has 0 bridgehead atoms. The number of nitrogens with one attached hydrogen (secondary N) is 1. The van der Waals surface area contributed by atoms with Crippen molar-refractivity contribution >= 4 is 23.2 Å². The first-order valence-electron chi connectivity index (χ1n) is 5.85. The average molecular weight is 309 g/mol. The summed E-state index contributed by atoms with van der Waals surface area (Å²) < 4.78 is 37.9. The summed E-state index contributed by atoms with van der Waals surface area (Å²) in [6.07, 6.45) is -4.53. The van der Waals surface area contributed by atoms with E-state index in [2.05, 4.69) is 5.32 Å². The van der Waals surface area contributed by atoms with E-state index in [0.717, 1.165) is 12.1 Å². The zero-order chi connectivity index (χ0) is 15.7. The van der Waals surface area contributed by atoms with Crippen LogP contribution >= 0.6 is 11.6 Å². The molecule has 0 fully saturated rings. The van der Waals surface area contributed by atoms with Crippen LogP contribution in [0.5, 0.6) is 0 Å². The summed E-state index contributed by atoms with van der Waals surface area (Å²) in [4.78, 5) is 11.9. The summed E-state index contributed by atoms with van der Waals surface area (Å²) in [5, 5.41) is 2.24. The number of hydrogen-bond acceptors (Lipinski definition) is 2. The number of hydrogen-bond donors (Lipinski definition) is 2. The molecule has 0 aliphatic heterocycles. The Morgan fingerprint density at radius 2 is 1.80 bits per heavy atom. The van der Waals surface area contributed by atoms with E-state index in [9.17, 15) is 18.0 Å². The number of amides is 1. The minimum Gasteiger partial charge on any atom is -0.325 e. The average Bonchev–Trinajstić information content (AvgIpc) is 2.24. The number of carbonyl (C=O) groups excluding carboxylic acids is 1. The van der Waals surface area contributed by atoms with Gasteiger partial charge in [-0.15, -0.1) is 0 Å². The highest BCUT2D eigenvalue weighted by Crippen LogP contribution is 2.33. The van der Waals surface area contributed by atoms with Crippen molar-refractivity contribution in [2.75, 3.05) is 5.32 Å². The van der Waals surface area contributed by atoms with Crippen LogP contribution in [-0.2, 0) is 11.0 Å². The third kappa shape index (κ3) is 4.38. The minimum atomic E-state index is -4.53. The molecule has 112 valence electrons. The molecule has 0 heterocycles. The molecule has 1 aromatic rings. The molecule has 3 N–H and O–H groups in total. The third-order valence-corrected chi connectivity index (χ3v) is 2.93. The van der Waals surface area contributed by atoms with Crippen molar-refractivity contribution in [2.24, 2.45) is 11.1 Å².